The van der Waals surface area contributed by atoms with Crippen molar-refractivity contribution in [1.29, 1.82) is 0 Å². The number of rotatable bonds is 5. The quantitative estimate of drug-likeness (QED) is 0.634. The van der Waals surface area contributed by atoms with Crippen LogP contribution in [0.2, 0.25) is 0 Å². The second-order valence-electron chi connectivity index (χ2n) is 7.29. The van der Waals surface area contributed by atoms with Crippen LogP contribution in [0.3, 0.4) is 0 Å². The number of benzene rings is 2. The van der Waals surface area contributed by atoms with Gasteiger partial charge >= 0.3 is 6.18 Å². The Hall–Kier alpha value is -2.65. The Morgan fingerprint density at radius 2 is 1.67 bits per heavy atom. The third-order valence-corrected chi connectivity index (χ3v) is 6.48. The largest absolute Gasteiger partial charge is 0.416 e. The maximum atomic E-state index is 12.7. The SMILES string of the molecule is O=S(=O)(Nc1cccc2ccc(CN3CCCC3)nc12)c1ccc(C(F)(F)F)cc1. The average molecular weight is 435 g/mol. The number of hydrogen-bond donors (Lipinski definition) is 1. The molecule has 9 heteroatoms. The van der Waals surface area contributed by atoms with E-state index in [1.165, 1.54) is 0 Å². The van der Waals surface area contributed by atoms with Crippen LogP contribution in [-0.2, 0) is 22.7 Å². The molecule has 0 spiro atoms. The zero-order valence-corrected chi connectivity index (χ0v) is 16.8. The number of anilines is 1. The molecule has 0 bridgehead atoms. The highest BCUT2D eigenvalue weighted by molar-refractivity contribution is 7.92. The van der Waals surface area contributed by atoms with E-state index < -0.39 is 21.8 Å². The van der Waals surface area contributed by atoms with Crippen molar-refractivity contribution in [3.63, 3.8) is 0 Å². The van der Waals surface area contributed by atoms with Gasteiger partial charge in [0.1, 0.15) is 0 Å². The first-order valence-electron chi connectivity index (χ1n) is 9.53. The molecule has 0 amide bonds. The molecule has 158 valence electrons. The number of pyridine rings is 1. The van der Waals surface area contributed by atoms with E-state index in [0.717, 1.165) is 61.3 Å². The van der Waals surface area contributed by atoms with E-state index in [9.17, 15) is 21.6 Å². The van der Waals surface area contributed by atoms with Gasteiger partial charge in [-0.15, -0.1) is 0 Å². The molecule has 0 aliphatic carbocycles. The lowest BCUT2D eigenvalue weighted by atomic mass is 10.1. The lowest BCUT2D eigenvalue weighted by molar-refractivity contribution is -0.137. The van der Waals surface area contributed by atoms with Gasteiger partial charge in [-0.1, -0.05) is 18.2 Å². The summed E-state index contributed by atoms with van der Waals surface area (Å²) < 4.78 is 66.2. The fourth-order valence-electron chi connectivity index (χ4n) is 3.55. The number of hydrogen-bond acceptors (Lipinski definition) is 4. The molecule has 3 aromatic rings. The first kappa shape index (κ1) is 20.6. The Bertz CT molecular complexity index is 1160. The fourth-order valence-corrected chi connectivity index (χ4v) is 4.62. The van der Waals surface area contributed by atoms with Crippen LogP contribution in [0.5, 0.6) is 0 Å². The summed E-state index contributed by atoms with van der Waals surface area (Å²) in [7, 11) is -4.07. The van der Waals surface area contributed by atoms with Gasteiger partial charge in [0.2, 0.25) is 0 Å². The maximum absolute atomic E-state index is 12.7. The number of likely N-dealkylation sites (tertiary alicyclic amines) is 1. The van der Waals surface area contributed by atoms with Crippen LogP contribution < -0.4 is 4.72 Å². The van der Waals surface area contributed by atoms with Crippen LogP contribution in [0.4, 0.5) is 18.9 Å². The van der Waals surface area contributed by atoms with Gasteiger partial charge in [-0.25, -0.2) is 13.4 Å². The van der Waals surface area contributed by atoms with E-state index in [0.29, 0.717) is 12.1 Å². The van der Waals surface area contributed by atoms with Crippen molar-refractivity contribution >= 4 is 26.6 Å². The van der Waals surface area contributed by atoms with Crippen LogP contribution in [0.15, 0.2) is 59.5 Å². The molecule has 1 aliphatic heterocycles. The number of sulfonamides is 1. The van der Waals surface area contributed by atoms with E-state index in [1.54, 1.807) is 12.1 Å². The van der Waals surface area contributed by atoms with Crippen LogP contribution in [0.1, 0.15) is 24.1 Å². The van der Waals surface area contributed by atoms with Crippen molar-refractivity contribution in [2.45, 2.75) is 30.5 Å². The Morgan fingerprint density at radius 3 is 2.33 bits per heavy atom. The summed E-state index contributed by atoms with van der Waals surface area (Å²) in [5, 5.41) is 0.771. The second kappa shape index (κ2) is 7.88. The van der Waals surface area contributed by atoms with Gasteiger partial charge < -0.3 is 0 Å². The Kier molecular flexibility index (Phi) is 5.42. The standard InChI is InChI=1S/C21H20F3N3O2S/c22-21(23,24)16-7-10-18(11-8-16)30(28,29)26-19-5-3-4-15-6-9-17(25-20(15)19)14-27-12-1-2-13-27/h3-11,26H,1-2,12-14H2. The smallest absolute Gasteiger partial charge is 0.298 e. The summed E-state index contributed by atoms with van der Waals surface area (Å²) in [4.78, 5) is 6.69. The first-order valence-corrected chi connectivity index (χ1v) is 11.0. The third-order valence-electron chi connectivity index (χ3n) is 5.10. The molecule has 5 nitrogen and oxygen atoms in total. The summed E-state index contributed by atoms with van der Waals surface area (Å²) in [6.45, 7) is 2.72. The Morgan fingerprint density at radius 1 is 0.967 bits per heavy atom. The Balaban J connectivity index is 1.63. The number of halogens is 3. The normalized spacial score (nSPS) is 15.6. The van der Waals surface area contributed by atoms with E-state index in [4.69, 9.17) is 0 Å². The molecular weight excluding hydrogens is 415 g/mol. The van der Waals surface area contributed by atoms with E-state index in [-0.39, 0.29) is 10.6 Å². The minimum Gasteiger partial charge on any atom is -0.298 e. The zero-order valence-electron chi connectivity index (χ0n) is 16.0. The number of nitrogens with zero attached hydrogens (tertiary/aromatic N) is 2. The molecule has 0 radical (unpaired) electrons. The molecule has 1 N–H and O–H groups in total. The molecule has 2 heterocycles. The van der Waals surface area contributed by atoms with Gasteiger partial charge in [0.25, 0.3) is 10.0 Å². The summed E-state index contributed by atoms with van der Waals surface area (Å²) in [5.74, 6) is 0. The number of alkyl halides is 3. The van der Waals surface area contributed by atoms with Gasteiger partial charge in [-0.3, -0.25) is 9.62 Å². The van der Waals surface area contributed by atoms with Crippen molar-refractivity contribution in [3.05, 3.63) is 65.9 Å². The highest BCUT2D eigenvalue weighted by atomic mass is 32.2. The van der Waals surface area contributed by atoms with E-state index in [2.05, 4.69) is 14.6 Å². The van der Waals surface area contributed by atoms with Crippen LogP contribution in [-0.4, -0.2) is 31.4 Å². The lowest BCUT2D eigenvalue weighted by Crippen LogP contribution is -2.19. The molecule has 4 rings (SSSR count). The van der Waals surface area contributed by atoms with Gasteiger partial charge in [0, 0.05) is 11.9 Å². The Labute approximate surface area is 172 Å². The predicted molar refractivity (Wildman–Crippen MR) is 109 cm³/mol. The minimum atomic E-state index is -4.53. The summed E-state index contributed by atoms with van der Waals surface area (Å²) in [6, 6.07) is 12.3. The highest BCUT2D eigenvalue weighted by Gasteiger charge is 2.30. The van der Waals surface area contributed by atoms with Gasteiger partial charge in [0.15, 0.2) is 0 Å². The highest BCUT2D eigenvalue weighted by Crippen LogP contribution is 2.30. The average Bonchev–Trinajstić information content (AvgIpc) is 3.21. The predicted octanol–water partition coefficient (Wildman–Crippen LogP) is 4.65. The van der Waals surface area contributed by atoms with Crippen molar-refractivity contribution < 1.29 is 21.6 Å². The van der Waals surface area contributed by atoms with E-state index >= 15 is 0 Å². The minimum absolute atomic E-state index is 0.249. The first-order chi connectivity index (χ1) is 14.2. The molecule has 0 atom stereocenters. The van der Waals surface area contributed by atoms with Crippen molar-refractivity contribution in [2.24, 2.45) is 0 Å². The summed E-state index contributed by atoms with van der Waals surface area (Å²) in [5.41, 5.74) is 0.728. The molecule has 1 saturated heterocycles. The van der Waals surface area contributed by atoms with Gasteiger partial charge in [-0.2, -0.15) is 13.2 Å². The van der Waals surface area contributed by atoms with Crippen LogP contribution in [0, 0.1) is 0 Å². The van der Waals surface area contributed by atoms with Gasteiger partial charge in [0.05, 0.1) is 27.4 Å². The van der Waals surface area contributed by atoms with Crippen LogP contribution >= 0.6 is 0 Å². The van der Waals surface area contributed by atoms with Crippen molar-refractivity contribution in [2.75, 3.05) is 17.8 Å². The number of para-hydroxylation sites is 1. The molecule has 1 aromatic heterocycles. The molecule has 0 unspecified atom stereocenters. The number of fused-ring (bicyclic) bond motifs is 1. The summed E-state index contributed by atoms with van der Waals surface area (Å²) >= 11 is 0. The molecule has 2 aromatic carbocycles. The van der Waals surface area contributed by atoms with E-state index in [1.807, 2.05) is 18.2 Å². The fraction of sp³-hybridized carbons (Fsp3) is 0.286. The lowest BCUT2D eigenvalue weighted by Gasteiger charge is -2.15. The van der Waals surface area contributed by atoms with Crippen molar-refractivity contribution in [1.82, 2.24) is 9.88 Å². The van der Waals surface area contributed by atoms with Gasteiger partial charge in [-0.05, 0) is 62.3 Å². The number of aromatic nitrogens is 1. The number of nitrogens with one attached hydrogen (secondary N) is 1. The van der Waals surface area contributed by atoms with Crippen LogP contribution in [0.25, 0.3) is 10.9 Å². The molecule has 30 heavy (non-hydrogen) atoms. The van der Waals surface area contributed by atoms with Crippen molar-refractivity contribution in [3.8, 4) is 0 Å². The second-order valence-corrected chi connectivity index (χ2v) is 8.97. The maximum Gasteiger partial charge on any atom is 0.416 e. The molecule has 1 fully saturated rings. The third kappa shape index (κ3) is 4.41. The molecule has 1 aliphatic rings. The summed E-state index contributed by atoms with van der Waals surface area (Å²) in [6.07, 6.45) is -2.21. The molecular formula is C21H20F3N3O2S. The topological polar surface area (TPSA) is 62.3 Å². The zero-order chi connectivity index (χ0) is 21.4. The molecule has 0 saturated carbocycles. The monoisotopic (exact) mass is 435 g/mol.